The first-order valence-corrected chi connectivity index (χ1v) is 8.00. The second kappa shape index (κ2) is 5.36. The summed E-state index contributed by atoms with van der Waals surface area (Å²) in [5.74, 6) is -0.394. The van der Waals surface area contributed by atoms with Gasteiger partial charge in [-0.05, 0) is 53.3 Å². The minimum atomic E-state index is -0.394. The molecule has 0 saturated carbocycles. The van der Waals surface area contributed by atoms with Crippen LogP contribution < -0.4 is 5.73 Å². The molecule has 1 aliphatic carbocycles. The van der Waals surface area contributed by atoms with Gasteiger partial charge in [-0.2, -0.15) is 0 Å². The van der Waals surface area contributed by atoms with E-state index < -0.39 is 5.91 Å². The Balaban J connectivity index is 1.73. The van der Waals surface area contributed by atoms with E-state index in [4.69, 9.17) is 10.5 Å². The third kappa shape index (κ3) is 2.37. The quantitative estimate of drug-likeness (QED) is 0.923. The number of hydrogen-bond acceptors (Lipinski definition) is 2. The Morgan fingerprint density at radius 2 is 1.83 bits per heavy atom. The molecule has 0 radical (unpaired) electrons. The first-order valence-electron chi connectivity index (χ1n) is 8.00. The Morgan fingerprint density at radius 1 is 1.04 bits per heavy atom. The first kappa shape index (κ1) is 14.2. The van der Waals surface area contributed by atoms with Crippen LogP contribution in [0.5, 0.6) is 0 Å². The summed E-state index contributed by atoms with van der Waals surface area (Å²) in [4.78, 5) is 11.4. The average Bonchev–Trinajstić information content (AvgIpc) is 2.93. The number of ether oxygens (including phenoxy) is 1. The summed E-state index contributed by atoms with van der Waals surface area (Å²) in [7, 11) is 0. The van der Waals surface area contributed by atoms with Gasteiger partial charge in [0.25, 0.3) is 0 Å². The predicted molar refractivity (Wildman–Crippen MR) is 91.2 cm³/mol. The molecule has 1 spiro atoms. The van der Waals surface area contributed by atoms with Gasteiger partial charge in [-0.15, -0.1) is 0 Å². The second-order valence-electron chi connectivity index (χ2n) is 6.35. The maximum Gasteiger partial charge on any atom is 0.248 e. The normalized spacial score (nSPS) is 18.1. The Kier molecular flexibility index (Phi) is 3.31. The van der Waals surface area contributed by atoms with Crippen molar-refractivity contribution in [2.75, 3.05) is 13.2 Å². The van der Waals surface area contributed by atoms with Crippen LogP contribution in [0.4, 0.5) is 0 Å². The number of hydrogen-bond donors (Lipinski definition) is 1. The SMILES string of the molecule is NC(=O)c1cccc(-c2ccc3c(c2)C=CC32CCOCC2)c1. The number of amides is 1. The van der Waals surface area contributed by atoms with E-state index >= 15 is 0 Å². The topological polar surface area (TPSA) is 52.3 Å². The Morgan fingerprint density at radius 3 is 2.61 bits per heavy atom. The molecule has 23 heavy (non-hydrogen) atoms. The van der Waals surface area contributed by atoms with Gasteiger partial charge in [-0.1, -0.05) is 36.4 Å². The van der Waals surface area contributed by atoms with E-state index in [1.54, 1.807) is 6.07 Å². The lowest BCUT2D eigenvalue weighted by atomic mass is 9.76. The molecule has 1 heterocycles. The van der Waals surface area contributed by atoms with Gasteiger partial charge < -0.3 is 10.5 Å². The van der Waals surface area contributed by atoms with Crippen LogP contribution in [0.25, 0.3) is 17.2 Å². The third-order valence-corrected chi connectivity index (χ3v) is 5.04. The molecule has 2 N–H and O–H groups in total. The van der Waals surface area contributed by atoms with E-state index in [0.29, 0.717) is 5.56 Å². The lowest BCUT2D eigenvalue weighted by Crippen LogP contribution is -2.30. The van der Waals surface area contributed by atoms with Crippen LogP contribution in [0.1, 0.15) is 34.3 Å². The van der Waals surface area contributed by atoms with Crippen molar-refractivity contribution in [1.29, 1.82) is 0 Å². The standard InChI is InChI=1S/C20H19NO2/c21-19(22)17-3-1-2-14(13-17)15-4-5-18-16(12-15)6-7-20(18)8-10-23-11-9-20/h1-7,12-13H,8-11H2,(H2,21,22). The predicted octanol–water partition coefficient (Wildman–Crippen LogP) is 3.53. The number of carbonyl (C=O) groups is 1. The Labute approximate surface area is 135 Å². The zero-order chi connectivity index (χ0) is 15.9. The summed E-state index contributed by atoms with van der Waals surface area (Å²) in [6, 6.07) is 14.1. The molecular formula is C20H19NO2. The number of allylic oxidation sites excluding steroid dienone is 1. The van der Waals surface area contributed by atoms with Gasteiger partial charge in [0, 0.05) is 24.2 Å². The van der Waals surface area contributed by atoms with Crippen LogP contribution in [0.3, 0.4) is 0 Å². The van der Waals surface area contributed by atoms with E-state index in [9.17, 15) is 4.79 Å². The number of carbonyl (C=O) groups excluding carboxylic acids is 1. The summed E-state index contributed by atoms with van der Waals surface area (Å²) in [6.45, 7) is 1.65. The highest BCUT2D eigenvalue weighted by Crippen LogP contribution is 2.44. The highest BCUT2D eigenvalue weighted by atomic mass is 16.5. The molecule has 1 amide bonds. The molecule has 0 aromatic heterocycles. The van der Waals surface area contributed by atoms with E-state index in [0.717, 1.165) is 37.2 Å². The van der Waals surface area contributed by atoms with Crippen LogP contribution in [-0.4, -0.2) is 19.1 Å². The van der Waals surface area contributed by atoms with E-state index in [1.165, 1.54) is 11.1 Å². The van der Waals surface area contributed by atoms with Crippen molar-refractivity contribution in [1.82, 2.24) is 0 Å². The van der Waals surface area contributed by atoms with Crippen molar-refractivity contribution in [3.8, 4) is 11.1 Å². The lowest BCUT2D eigenvalue weighted by Gasteiger charge is -2.33. The maximum absolute atomic E-state index is 11.4. The minimum Gasteiger partial charge on any atom is -0.381 e. The second-order valence-corrected chi connectivity index (χ2v) is 6.35. The van der Waals surface area contributed by atoms with E-state index in [2.05, 4.69) is 30.4 Å². The summed E-state index contributed by atoms with van der Waals surface area (Å²) in [6.07, 6.45) is 6.66. The van der Waals surface area contributed by atoms with E-state index in [1.807, 2.05) is 18.2 Å². The summed E-state index contributed by atoms with van der Waals surface area (Å²) < 4.78 is 5.52. The summed E-state index contributed by atoms with van der Waals surface area (Å²) >= 11 is 0. The van der Waals surface area contributed by atoms with Gasteiger partial charge in [0.2, 0.25) is 5.91 Å². The molecule has 2 aromatic rings. The average molecular weight is 305 g/mol. The third-order valence-electron chi connectivity index (χ3n) is 5.04. The maximum atomic E-state index is 11.4. The van der Waals surface area contributed by atoms with Crippen LogP contribution >= 0.6 is 0 Å². The molecule has 3 nitrogen and oxygen atoms in total. The fourth-order valence-corrected chi connectivity index (χ4v) is 3.70. The van der Waals surface area contributed by atoms with Gasteiger partial charge in [0.1, 0.15) is 0 Å². The molecule has 2 aromatic carbocycles. The molecule has 116 valence electrons. The minimum absolute atomic E-state index is 0.154. The van der Waals surface area contributed by atoms with Gasteiger partial charge in [0.15, 0.2) is 0 Å². The largest absolute Gasteiger partial charge is 0.381 e. The number of benzene rings is 2. The van der Waals surface area contributed by atoms with Crippen molar-refractivity contribution < 1.29 is 9.53 Å². The van der Waals surface area contributed by atoms with Crippen LogP contribution in [-0.2, 0) is 10.2 Å². The monoisotopic (exact) mass is 305 g/mol. The van der Waals surface area contributed by atoms with Crippen LogP contribution in [0.15, 0.2) is 48.5 Å². The van der Waals surface area contributed by atoms with Crippen LogP contribution in [0.2, 0.25) is 0 Å². The highest BCUT2D eigenvalue weighted by Gasteiger charge is 2.36. The molecule has 0 atom stereocenters. The highest BCUT2D eigenvalue weighted by molar-refractivity contribution is 5.94. The molecule has 4 rings (SSSR count). The van der Waals surface area contributed by atoms with Crippen molar-refractivity contribution in [2.24, 2.45) is 5.73 Å². The van der Waals surface area contributed by atoms with Gasteiger partial charge in [-0.25, -0.2) is 0 Å². The molecule has 2 aliphatic rings. The summed E-state index contributed by atoms with van der Waals surface area (Å²) in [5.41, 5.74) is 10.9. The fraction of sp³-hybridized carbons (Fsp3) is 0.250. The molecule has 1 fully saturated rings. The lowest BCUT2D eigenvalue weighted by molar-refractivity contribution is 0.0663. The Bertz CT molecular complexity index is 801. The van der Waals surface area contributed by atoms with Crippen molar-refractivity contribution in [2.45, 2.75) is 18.3 Å². The molecule has 3 heteroatoms. The van der Waals surface area contributed by atoms with Crippen molar-refractivity contribution >= 4 is 12.0 Å². The Hall–Kier alpha value is -2.39. The van der Waals surface area contributed by atoms with Gasteiger partial charge >= 0.3 is 0 Å². The smallest absolute Gasteiger partial charge is 0.248 e. The molecule has 1 saturated heterocycles. The van der Waals surface area contributed by atoms with Crippen LogP contribution in [0, 0.1) is 0 Å². The zero-order valence-electron chi connectivity index (χ0n) is 12.9. The fourth-order valence-electron chi connectivity index (χ4n) is 3.70. The number of fused-ring (bicyclic) bond motifs is 2. The molecular weight excluding hydrogens is 286 g/mol. The number of nitrogens with two attached hydrogens (primary N) is 1. The number of primary amides is 1. The molecule has 1 aliphatic heterocycles. The van der Waals surface area contributed by atoms with Crippen molar-refractivity contribution in [3.63, 3.8) is 0 Å². The van der Waals surface area contributed by atoms with Gasteiger partial charge in [-0.3, -0.25) is 4.79 Å². The van der Waals surface area contributed by atoms with Gasteiger partial charge in [0.05, 0.1) is 0 Å². The molecule has 0 unspecified atom stereocenters. The molecule has 0 bridgehead atoms. The first-order chi connectivity index (χ1) is 11.2. The van der Waals surface area contributed by atoms with Crippen molar-refractivity contribution in [3.05, 3.63) is 65.2 Å². The number of rotatable bonds is 2. The van der Waals surface area contributed by atoms with E-state index in [-0.39, 0.29) is 5.41 Å². The zero-order valence-corrected chi connectivity index (χ0v) is 12.9. The summed E-state index contributed by atoms with van der Waals surface area (Å²) in [5, 5.41) is 0.